The number of nitrogens with zero attached hydrogens (tertiary/aromatic N) is 4. The Morgan fingerprint density at radius 2 is 1.74 bits per heavy atom. The molecule has 1 atom stereocenters. The summed E-state index contributed by atoms with van der Waals surface area (Å²) >= 11 is 0. The van der Waals surface area contributed by atoms with E-state index in [0.717, 1.165) is 14.8 Å². The number of anilines is 2. The van der Waals surface area contributed by atoms with Gasteiger partial charge in [0.1, 0.15) is 11.4 Å². The number of methoxy groups -OCH3 is 1. The molecule has 0 spiro atoms. The van der Waals surface area contributed by atoms with Crippen LogP contribution >= 0.6 is 0 Å². The van der Waals surface area contributed by atoms with Crippen LogP contribution in [0, 0.1) is 0 Å². The summed E-state index contributed by atoms with van der Waals surface area (Å²) in [5, 5.41) is 0. The minimum Gasteiger partial charge on any atom is -0.465 e. The van der Waals surface area contributed by atoms with Gasteiger partial charge in [-0.1, -0.05) is 0 Å². The lowest BCUT2D eigenvalue weighted by Gasteiger charge is -2.40. The summed E-state index contributed by atoms with van der Waals surface area (Å²) in [5.41, 5.74) is 5.96. The predicted octanol–water partition coefficient (Wildman–Crippen LogP) is -0.154. The highest BCUT2D eigenvalue weighted by Gasteiger charge is 2.28. The summed E-state index contributed by atoms with van der Waals surface area (Å²) in [4.78, 5) is 53.1. The maximum Gasteiger partial charge on any atom is 0.337 e. The second-order valence-corrected chi connectivity index (χ2v) is 7.69. The molecule has 1 saturated heterocycles. The summed E-state index contributed by atoms with van der Waals surface area (Å²) in [6.07, 6.45) is 0. The summed E-state index contributed by atoms with van der Waals surface area (Å²) in [5.74, 6) is -0.904. The Hall–Kier alpha value is -3.40. The van der Waals surface area contributed by atoms with E-state index in [1.165, 1.54) is 21.2 Å². The van der Waals surface area contributed by atoms with Crippen molar-refractivity contribution in [3.05, 3.63) is 56.2 Å². The number of aromatic nitrogens is 2. The molecule has 1 unspecified atom stereocenters. The van der Waals surface area contributed by atoms with Crippen molar-refractivity contribution in [2.75, 3.05) is 43.9 Å². The van der Waals surface area contributed by atoms with Crippen molar-refractivity contribution in [1.29, 1.82) is 0 Å². The molecule has 1 aliphatic rings. The van der Waals surface area contributed by atoms with Crippen LogP contribution < -0.4 is 21.9 Å². The zero-order valence-electron chi connectivity index (χ0n) is 18.1. The topological polar surface area (TPSA) is 120 Å². The van der Waals surface area contributed by atoms with Gasteiger partial charge in [-0.15, -0.1) is 0 Å². The van der Waals surface area contributed by atoms with Gasteiger partial charge in [-0.3, -0.25) is 23.6 Å². The van der Waals surface area contributed by atoms with Gasteiger partial charge in [0.25, 0.3) is 5.56 Å². The first-order valence-electron chi connectivity index (χ1n) is 9.91. The third kappa shape index (κ3) is 4.24. The summed E-state index contributed by atoms with van der Waals surface area (Å²) in [7, 11) is 4.10. The van der Waals surface area contributed by atoms with Gasteiger partial charge in [0, 0.05) is 45.5 Å². The number of ether oxygens (including phenoxy) is 1. The van der Waals surface area contributed by atoms with Gasteiger partial charge in [-0.25, -0.2) is 9.59 Å². The monoisotopic (exact) mass is 429 g/mol. The van der Waals surface area contributed by atoms with E-state index in [0.29, 0.717) is 25.2 Å². The molecule has 10 heteroatoms. The van der Waals surface area contributed by atoms with Gasteiger partial charge in [-0.2, -0.15) is 0 Å². The predicted molar refractivity (Wildman–Crippen MR) is 117 cm³/mol. The number of benzene rings is 1. The number of Topliss-reactive ketones (excluding diaryl/α,β-unsaturated/α-hetero) is 1. The van der Waals surface area contributed by atoms with Crippen molar-refractivity contribution in [1.82, 2.24) is 14.0 Å². The molecule has 1 aromatic carbocycles. The lowest BCUT2D eigenvalue weighted by molar-refractivity contribution is 0.0600. The molecule has 0 radical (unpaired) electrons. The standard InChI is InChI=1S/C21H27N5O5/c1-13-11-26(15-7-5-14(6-8-15)20(29)31-4)10-9-25(13)12-16(27)17-18(22)23(2)21(30)24(3)19(17)28/h5-8,13H,9-12,22H2,1-4H3. The van der Waals surface area contributed by atoms with E-state index in [1.807, 2.05) is 24.0 Å². The Balaban J connectivity index is 1.71. The van der Waals surface area contributed by atoms with Crippen LogP contribution in [0.5, 0.6) is 0 Å². The average molecular weight is 429 g/mol. The van der Waals surface area contributed by atoms with E-state index in [9.17, 15) is 19.2 Å². The van der Waals surface area contributed by atoms with E-state index in [-0.39, 0.29) is 29.9 Å². The Morgan fingerprint density at radius 3 is 2.32 bits per heavy atom. The number of esters is 1. The molecule has 10 nitrogen and oxygen atoms in total. The number of nitrogen functional groups attached to an aromatic ring is 1. The second-order valence-electron chi connectivity index (χ2n) is 7.69. The average Bonchev–Trinajstić information content (AvgIpc) is 2.77. The smallest absolute Gasteiger partial charge is 0.337 e. The number of piperazine rings is 1. The molecule has 0 aliphatic carbocycles. The van der Waals surface area contributed by atoms with Crippen molar-refractivity contribution < 1.29 is 14.3 Å². The Kier molecular flexibility index (Phi) is 6.30. The molecule has 2 aromatic rings. The molecule has 3 rings (SSSR count). The molecule has 2 heterocycles. The van der Waals surface area contributed by atoms with Crippen molar-refractivity contribution in [2.45, 2.75) is 13.0 Å². The molecule has 0 bridgehead atoms. The molecule has 2 N–H and O–H groups in total. The highest BCUT2D eigenvalue weighted by Crippen LogP contribution is 2.20. The van der Waals surface area contributed by atoms with Crippen LogP contribution in [0.4, 0.5) is 11.5 Å². The number of carbonyl (C=O) groups excluding carboxylic acids is 2. The highest BCUT2D eigenvalue weighted by atomic mass is 16.5. The van der Waals surface area contributed by atoms with E-state index in [2.05, 4.69) is 4.90 Å². The van der Waals surface area contributed by atoms with Crippen LogP contribution in [0.3, 0.4) is 0 Å². The van der Waals surface area contributed by atoms with Gasteiger partial charge in [0.2, 0.25) is 0 Å². The third-order valence-electron chi connectivity index (χ3n) is 5.75. The first-order valence-corrected chi connectivity index (χ1v) is 9.91. The molecule has 166 valence electrons. The molecule has 0 saturated carbocycles. The third-order valence-corrected chi connectivity index (χ3v) is 5.75. The zero-order valence-corrected chi connectivity index (χ0v) is 18.1. The number of carbonyl (C=O) groups is 2. The minimum absolute atomic E-state index is 0.0356. The van der Waals surface area contributed by atoms with Crippen LogP contribution in [0.1, 0.15) is 27.6 Å². The minimum atomic E-state index is -0.678. The van der Waals surface area contributed by atoms with E-state index < -0.39 is 17.0 Å². The van der Waals surface area contributed by atoms with Gasteiger partial charge in [0.15, 0.2) is 5.78 Å². The fourth-order valence-electron chi connectivity index (χ4n) is 3.78. The lowest BCUT2D eigenvalue weighted by Crippen LogP contribution is -2.54. The van der Waals surface area contributed by atoms with E-state index in [4.69, 9.17) is 10.5 Å². The molecule has 0 amide bonds. The maximum atomic E-state index is 12.9. The largest absolute Gasteiger partial charge is 0.465 e. The number of hydrogen-bond donors (Lipinski definition) is 1. The lowest BCUT2D eigenvalue weighted by atomic mass is 10.1. The second kappa shape index (κ2) is 8.76. The Bertz CT molecular complexity index is 1120. The first kappa shape index (κ1) is 22.3. The SMILES string of the molecule is COC(=O)c1ccc(N2CCN(CC(=O)c3c(N)n(C)c(=O)n(C)c3=O)C(C)C2)cc1. The fraction of sp³-hybridized carbons (Fsp3) is 0.429. The van der Waals surface area contributed by atoms with Gasteiger partial charge >= 0.3 is 11.7 Å². The van der Waals surface area contributed by atoms with Crippen molar-refractivity contribution in [3.8, 4) is 0 Å². The highest BCUT2D eigenvalue weighted by molar-refractivity contribution is 6.01. The van der Waals surface area contributed by atoms with E-state index >= 15 is 0 Å². The summed E-state index contributed by atoms with van der Waals surface area (Å²) in [6, 6.07) is 7.22. The van der Waals surface area contributed by atoms with Crippen molar-refractivity contribution in [2.24, 2.45) is 14.1 Å². The Labute approximate surface area is 179 Å². The van der Waals surface area contributed by atoms with Gasteiger partial charge < -0.3 is 15.4 Å². The van der Waals surface area contributed by atoms with Gasteiger partial charge in [0.05, 0.1) is 19.2 Å². The number of nitrogens with two attached hydrogens (primary N) is 1. The van der Waals surface area contributed by atoms with Crippen molar-refractivity contribution in [3.63, 3.8) is 0 Å². The number of hydrogen-bond acceptors (Lipinski definition) is 8. The quantitative estimate of drug-likeness (QED) is 0.515. The molecule has 1 aromatic heterocycles. The first-order chi connectivity index (χ1) is 14.6. The molecule has 1 fully saturated rings. The van der Waals surface area contributed by atoms with Gasteiger partial charge in [-0.05, 0) is 31.2 Å². The molecular formula is C21H27N5O5. The number of rotatable bonds is 5. The molecule has 31 heavy (non-hydrogen) atoms. The summed E-state index contributed by atoms with van der Waals surface area (Å²) < 4.78 is 6.72. The van der Waals surface area contributed by atoms with Crippen LogP contribution in [-0.4, -0.2) is 65.1 Å². The van der Waals surface area contributed by atoms with Crippen molar-refractivity contribution >= 4 is 23.3 Å². The summed E-state index contributed by atoms with van der Waals surface area (Å²) in [6.45, 7) is 4.00. The van der Waals surface area contributed by atoms with Crippen LogP contribution in [0.2, 0.25) is 0 Å². The number of ketones is 1. The van der Waals surface area contributed by atoms with Crippen LogP contribution in [-0.2, 0) is 18.8 Å². The maximum absolute atomic E-state index is 12.9. The van der Waals surface area contributed by atoms with E-state index in [1.54, 1.807) is 12.1 Å². The fourth-order valence-corrected chi connectivity index (χ4v) is 3.78. The molecular weight excluding hydrogens is 402 g/mol. The normalized spacial score (nSPS) is 16.9. The Morgan fingerprint density at radius 1 is 1.10 bits per heavy atom. The zero-order chi connectivity index (χ0) is 22.9. The van der Waals surface area contributed by atoms with Crippen LogP contribution in [0.25, 0.3) is 0 Å². The van der Waals surface area contributed by atoms with Crippen LogP contribution in [0.15, 0.2) is 33.9 Å². The molecule has 1 aliphatic heterocycles.